The zero-order valence-corrected chi connectivity index (χ0v) is 23.0. The first kappa shape index (κ1) is 29.4. The maximum absolute atomic E-state index is 12.9. The van der Waals surface area contributed by atoms with Crippen molar-refractivity contribution in [3.05, 3.63) is 93.2 Å². The van der Waals surface area contributed by atoms with Crippen molar-refractivity contribution in [2.45, 2.75) is 71.4 Å². The number of rotatable bonds is 11. The number of ether oxygens (including phenoxy) is 1. The number of alkyl carbamates (subject to hydrolysis) is 1. The molecule has 9 nitrogen and oxygen atoms in total. The molecule has 0 bridgehead atoms. The summed E-state index contributed by atoms with van der Waals surface area (Å²) in [6.07, 6.45) is 2.08. The number of carbonyl (C=O) groups is 2. The molecule has 39 heavy (non-hydrogen) atoms. The van der Waals surface area contributed by atoms with Crippen LogP contribution in [0.4, 0.5) is 4.79 Å². The predicted molar refractivity (Wildman–Crippen MR) is 150 cm³/mol. The number of hydrogen-bond donors (Lipinski definition) is 4. The van der Waals surface area contributed by atoms with Gasteiger partial charge in [0.2, 0.25) is 5.91 Å². The Bertz CT molecular complexity index is 1300. The van der Waals surface area contributed by atoms with E-state index in [9.17, 15) is 19.5 Å². The van der Waals surface area contributed by atoms with Gasteiger partial charge in [-0.3, -0.25) is 14.6 Å². The molecule has 0 aliphatic carbocycles. The third-order valence-corrected chi connectivity index (χ3v) is 6.02. The Labute approximate surface area is 229 Å². The fraction of sp³-hybridized carbons (Fsp3) is 0.400. The second-order valence-electron chi connectivity index (χ2n) is 10.6. The van der Waals surface area contributed by atoms with Gasteiger partial charge in [0.05, 0.1) is 5.69 Å². The number of phenolic OH excluding ortho intramolecular Hbond substituents is 1. The van der Waals surface area contributed by atoms with Crippen LogP contribution in [0.25, 0.3) is 0 Å². The van der Waals surface area contributed by atoms with Crippen LogP contribution < -0.4 is 16.2 Å². The van der Waals surface area contributed by atoms with Crippen molar-refractivity contribution >= 4 is 12.0 Å². The number of unbranched alkanes of at least 4 members (excludes halogenated alkanes) is 1. The minimum Gasteiger partial charge on any atom is -0.508 e. The highest BCUT2D eigenvalue weighted by Gasteiger charge is 2.24. The number of nitrogens with zero attached hydrogens (tertiary/aromatic N) is 1. The summed E-state index contributed by atoms with van der Waals surface area (Å²) in [5.41, 5.74) is 3.01. The molecule has 0 fully saturated rings. The van der Waals surface area contributed by atoms with E-state index >= 15 is 0 Å². The Morgan fingerprint density at radius 1 is 1.03 bits per heavy atom. The lowest BCUT2D eigenvalue weighted by Gasteiger charge is -2.23. The van der Waals surface area contributed by atoms with Crippen LogP contribution in [0.15, 0.2) is 59.4 Å². The maximum Gasteiger partial charge on any atom is 0.408 e. The first-order valence-corrected chi connectivity index (χ1v) is 13.2. The molecule has 0 aliphatic rings. The topological polar surface area (TPSA) is 133 Å². The zero-order valence-electron chi connectivity index (χ0n) is 23.0. The molecule has 1 aromatic heterocycles. The SMILES string of the molecule is Cc1nc(Cc2ccccc2)c(=O)[nH]c1CCCCNC(=O)[C@H](Cc1ccc(O)cc1)NC(=O)OC(C)(C)C. The average molecular weight is 535 g/mol. The molecular formula is C30H38N4O5. The van der Waals surface area contributed by atoms with E-state index < -0.39 is 17.7 Å². The number of aryl methyl sites for hydroxylation is 2. The van der Waals surface area contributed by atoms with Crippen LogP contribution in [0.5, 0.6) is 5.75 Å². The van der Waals surface area contributed by atoms with Gasteiger partial charge in [0.25, 0.3) is 5.56 Å². The van der Waals surface area contributed by atoms with Gasteiger partial charge < -0.3 is 25.5 Å². The van der Waals surface area contributed by atoms with Crippen LogP contribution >= 0.6 is 0 Å². The largest absolute Gasteiger partial charge is 0.508 e. The summed E-state index contributed by atoms with van der Waals surface area (Å²) in [6, 6.07) is 15.4. The molecule has 4 N–H and O–H groups in total. The van der Waals surface area contributed by atoms with E-state index in [2.05, 4.69) is 20.6 Å². The van der Waals surface area contributed by atoms with Gasteiger partial charge in [-0.1, -0.05) is 42.5 Å². The monoisotopic (exact) mass is 534 g/mol. The first-order valence-electron chi connectivity index (χ1n) is 13.2. The molecule has 1 heterocycles. The molecule has 0 unspecified atom stereocenters. The highest BCUT2D eigenvalue weighted by Crippen LogP contribution is 2.13. The number of hydrogen-bond acceptors (Lipinski definition) is 6. The molecule has 0 saturated heterocycles. The van der Waals surface area contributed by atoms with Crippen molar-refractivity contribution in [3.63, 3.8) is 0 Å². The second kappa shape index (κ2) is 13.6. The Balaban J connectivity index is 1.52. The van der Waals surface area contributed by atoms with E-state index in [1.165, 1.54) is 12.1 Å². The molecule has 3 rings (SSSR count). The number of amides is 2. The van der Waals surface area contributed by atoms with Crippen molar-refractivity contribution in [3.8, 4) is 5.75 Å². The molecule has 9 heteroatoms. The zero-order chi connectivity index (χ0) is 28.4. The number of nitrogens with one attached hydrogen (secondary N) is 3. The first-order chi connectivity index (χ1) is 18.5. The molecule has 0 saturated carbocycles. The Kier molecular flexibility index (Phi) is 10.3. The van der Waals surface area contributed by atoms with E-state index in [4.69, 9.17) is 4.74 Å². The number of carbonyl (C=O) groups excluding carboxylic acids is 2. The van der Waals surface area contributed by atoms with Crippen molar-refractivity contribution in [1.29, 1.82) is 0 Å². The molecule has 0 spiro atoms. The summed E-state index contributed by atoms with van der Waals surface area (Å²) in [6.45, 7) is 7.55. The van der Waals surface area contributed by atoms with E-state index in [0.29, 0.717) is 31.5 Å². The van der Waals surface area contributed by atoms with Crippen molar-refractivity contribution < 1.29 is 19.4 Å². The molecular weight excluding hydrogens is 496 g/mol. The number of benzene rings is 2. The molecule has 2 amide bonds. The quantitative estimate of drug-likeness (QED) is 0.275. The standard InChI is InChI=1S/C30H38N4O5/c1-20-24(33-28(37)26(32-20)18-21-10-6-5-7-11-21)12-8-9-17-31-27(36)25(34-29(38)39-30(2,3)4)19-22-13-15-23(35)16-14-22/h5-7,10-11,13-16,25,35H,8-9,12,17-19H2,1-4H3,(H,31,36)(H,33,37)(H,34,38)/t25-/m0/s1. The maximum atomic E-state index is 12.9. The molecule has 0 aliphatic heterocycles. The third kappa shape index (κ3) is 9.92. The highest BCUT2D eigenvalue weighted by molar-refractivity contribution is 5.86. The van der Waals surface area contributed by atoms with Gasteiger partial charge in [0, 0.05) is 25.1 Å². The van der Waals surface area contributed by atoms with Crippen LogP contribution in [0.1, 0.15) is 61.8 Å². The summed E-state index contributed by atoms with van der Waals surface area (Å²) in [7, 11) is 0. The molecule has 3 aromatic rings. The van der Waals surface area contributed by atoms with Gasteiger partial charge in [0.15, 0.2) is 0 Å². The molecule has 1 atom stereocenters. The van der Waals surface area contributed by atoms with E-state index in [1.807, 2.05) is 37.3 Å². The van der Waals surface area contributed by atoms with Gasteiger partial charge in [-0.25, -0.2) is 4.79 Å². The van der Waals surface area contributed by atoms with Crippen molar-refractivity contribution in [1.82, 2.24) is 20.6 Å². The normalized spacial score (nSPS) is 12.0. The minimum atomic E-state index is -0.843. The number of aromatic nitrogens is 2. The average Bonchev–Trinajstić information content (AvgIpc) is 2.87. The Morgan fingerprint density at radius 3 is 2.38 bits per heavy atom. The van der Waals surface area contributed by atoms with Crippen molar-refractivity contribution in [2.24, 2.45) is 0 Å². The number of phenols is 1. The lowest BCUT2D eigenvalue weighted by atomic mass is 10.0. The summed E-state index contributed by atoms with van der Waals surface area (Å²) >= 11 is 0. The van der Waals surface area contributed by atoms with Gasteiger partial charge in [-0.15, -0.1) is 0 Å². The van der Waals surface area contributed by atoms with E-state index in [0.717, 1.165) is 28.9 Å². The van der Waals surface area contributed by atoms with Crippen LogP contribution in [-0.4, -0.2) is 45.3 Å². The molecule has 0 radical (unpaired) electrons. The lowest BCUT2D eigenvalue weighted by Crippen LogP contribution is -2.49. The summed E-state index contributed by atoms with van der Waals surface area (Å²) in [4.78, 5) is 45.4. The number of aromatic hydroxyl groups is 1. The smallest absolute Gasteiger partial charge is 0.408 e. The third-order valence-electron chi connectivity index (χ3n) is 6.02. The summed E-state index contributed by atoms with van der Waals surface area (Å²) in [5, 5.41) is 15.1. The van der Waals surface area contributed by atoms with Gasteiger partial charge in [0.1, 0.15) is 23.1 Å². The fourth-order valence-electron chi connectivity index (χ4n) is 4.06. The molecule has 208 valence electrons. The van der Waals surface area contributed by atoms with Crippen LogP contribution in [0.2, 0.25) is 0 Å². The van der Waals surface area contributed by atoms with E-state index in [-0.39, 0.29) is 23.6 Å². The lowest BCUT2D eigenvalue weighted by molar-refractivity contribution is -0.123. The van der Waals surface area contributed by atoms with Crippen LogP contribution in [-0.2, 0) is 28.8 Å². The van der Waals surface area contributed by atoms with Crippen LogP contribution in [0, 0.1) is 6.92 Å². The van der Waals surface area contributed by atoms with Crippen molar-refractivity contribution in [2.75, 3.05) is 6.54 Å². The number of aromatic amines is 1. The van der Waals surface area contributed by atoms with Gasteiger partial charge in [-0.05, 0) is 70.2 Å². The summed E-state index contributed by atoms with van der Waals surface area (Å²) < 4.78 is 5.32. The number of H-pyrrole nitrogens is 1. The summed E-state index contributed by atoms with van der Waals surface area (Å²) in [5.74, 6) is -0.206. The van der Waals surface area contributed by atoms with Gasteiger partial charge >= 0.3 is 6.09 Å². The molecule has 2 aromatic carbocycles. The second-order valence-corrected chi connectivity index (χ2v) is 10.6. The fourth-order valence-corrected chi connectivity index (χ4v) is 4.06. The predicted octanol–water partition coefficient (Wildman–Crippen LogP) is 3.95. The Morgan fingerprint density at radius 2 is 1.72 bits per heavy atom. The minimum absolute atomic E-state index is 0.123. The Hall–Kier alpha value is -4.14. The van der Waals surface area contributed by atoms with Crippen LogP contribution in [0.3, 0.4) is 0 Å². The van der Waals surface area contributed by atoms with Gasteiger partial charge in [-0.2, -0.15) is 0 Å². The highest BCUT2D eigenvalue weighted by atomic mass is 16.6. The van der Waals surface area contributed by atoms with E-state index in [1.54, 1.807) is 32.9 Å².